The van der Waals surface area contributed by atoms with E-state index in [1.807, 2.05) is 12.1 Å². The summed E-state index contributed by atoms with van der Waals surface area (Å²) in [6, 6.07) is 11.7. The van der Waals surface area contributed by atoms with Crippen LogP contribution in [0.2, 0.25) is 18.1 Å². The molecule has 0 unspecified atom stereocenters. The van der Waals surface area contributed by atoms with Crippen molar-refractivity contribution in [3.63, 3.8) is 0 Å². The van der Waals surface area contributed by atoms with Gasteiger partial charge in [0.2, 0.25) is 0 Å². The third-order valence-corrected chi connectivity index (χ3v) is 8.59. The lowest BCUT2D eigenvalue weighted by atomic mass is 9.93. The Kier molecular flexibility index (Phi) is 7.96. The molecule has 1 fully saturated rings. The molecular weight excluding hydrogens is 310 g/mol. The fraction of sp³-hybridized carbons (Fsp3) is 0.579. The minimum absolute atomic E-state index is 0.0262. The molecule has 1 heterocycles. The van der Waals surface area contributed by atoms with Crippen molar-refractivity contribution in [3.05, 3.63) is 41.7 Å². The van der Waals surface area contributed by atoms with Crippen LogP contribution < -0.4 is 0 Å². The maximum atomic E-state index is 13.2. The summed E-state index contributed by atoms with van der Waals surface area (Å²) in [4.78, 5) is 0. The third kappa shape index (κ3) is 5.85. The van der Waals surface area contributed by atoms with Gasteiger partial charge < -0.3 is 4.74 Å². The van der Waals surface area contributed by atoms with Gasteiger partial charge in [0.1, 0.15) is 6.33 Å². The highest BCUT2D eigenvalue weighted by Gasteiger charge is 2.23. The number of benzene rings is 1. The molecule has 1 aromatic carbocycles. The van der Waals surface area contributed by atoms with Gasteiger partial charge in [0.15, 0.2) is 5.83 Å². The van der Waals surface area contributed by atoms with Gasteiger partial charge in [0.05, 0.1) is 0 Å². The van der Waals surface area contributed by atoms with E-state index in [9.17, 15) is 8.78 Å². The summed E-state index contributed by atoms with van der Waals surface area (Å²) in [6.45, 7) is 0.891. The molecule has 1 aliphatic heterocycles. The molecule has 0 bridgehead atoms. The van der Waals surface area contributed by atoms with E-state index in [1.54, 1.807) is 19.2 Å². The van der Waals surface area contributed by atoms with Gasteiger partial charge >= 0.3 is 0 Å². The van der Waals surface area contributed by atoms with E-state index in [0.29, 0.717) is 11.5 Å². The number of methoxy groups -OCH3 is 1. The first kappa shape index (κ1) is 18.3. The van der Waals surface area contributed by atoms with E-state index in [-0.39, 0.29) is 6.33 Å². The van der Waals surface area contributed by atoms with E-state index in [0.717, 1.165) is 6.61 Å². The van der Waals surface area contributed by atoms with Crippen LogP contribution in [0.15, 0.2) is 30.6 Å². The van der Waals surface area contributed by atoms with Gasteiger partial charge in [-0.2, -0.15) is 0 Å². The lowest BCUT2D eigenvalue weighted by molar-refractivity contribution is 0.192. The highest BCUT2D eigenvalue weighted by Crippen LogP contribution is 2.35. The maximum Gasteiger partial charge on any atom is 0.158 e. The smallest absolute Gasteiger partial charge is 0.158 e. The summed E-state index contributed by atoms with van der Waals surface area (Å²) < 4.78 is 30.5. The molecule has 23 heavy (non-hydrogen) atoms. The predicted octanol–water partition coefficient (Wildman–Crippen LogP) is 5.85. The van der Waals surface area contributed by atoms with Gasteiger partial charge in [-0.25, -0.2) is 8.78 Å². The fourth-order valence-corrected chi connectivity index (χ4v) is 7.10. The van der Waals surface area contributed by atoms with Crippen molar-refractivity contribution >= 4 is 14.6 Å². The highest BCUT2D eigenvalue weighted by atomic mass is 28.3. The number of halogens is 2. The first-order valence-corrected chi connectivity index (χ1v) is 11.2. The minimum Gasteiger partial charge on any atom is -0.385 e. The normalized spacial score (nSPS) is 22.3. The Hall–Kier alpha value is -1.00. The standard InChI is InChI=1S/C19H28F2OSi/c1-22-11-3-2-4-12-23-13-9-17(10-14-23)16-5-7-18(8-6-16)19(21)15-20/h5-8,15,17,23H,2-4,9-14H2,1H3. The van der Waals surface area contributed by atoms with E-state index in [2.05, 4.69) is 0 Å². The van der Waals surface area contributed by atoms with Crippen LogP contribution in [-0.2, 0) is 4.74 Å². The molecule has 0 radical (unpaired) electrons. The molecular formula is C19H28F2OSi. The lowest BCUT2D eigenvalue weighted by Crippen LogP contribution is -2.20. The van der Waals surface area contributed by atoms with E-state index < -0.39 is 14.6 Å². The number of rotatable bonds is 8. The van der Waals surface area contributed by atoms with Crippen LogP contribution in [0.3, 0.4) is 0 Å². The lowest BCUT2D eigenvalue weighted by Gasteiger charge is -2.28. The van der Waals surface area contributed by atoms with Crippen molar-refractivity contribution in [2.75, 3.05) is 13.7 Å². The van der Waals surface area contributed by atoms with E-state index >= 15 is 0 Å². The zero-order valence-electron chi connectivity index (χ0n) is 14.1. The van der Waals surface area contributed by atoms with E-state index in [1.165, 1.54) is 55.8 Å². The predicted molar refractivity (Wildman–Crippen MR) is 95.9 cm³/mol. The van der Waals surface area contributed by atoms with Crippen molar-refractivity contribution < 1.29 is 13.5 Å². The van der Waals surface area contributed by atoms with Gasteiger partial charge in [-0.15, -0.1) is 0 Å². The van der Waals surface area contributed by atoms with Gasteiger partial charge in [-0.05, 0) is 30.7 Å². The first-order valence-electron chi connectivity index (χ1n) is 8.79. The quantitative estimate of drug-likeness (QED) is 0.427. The summed E-state index contributed by atoms with van der Waals surface area (Å²) in [5.74, 6) is -0.181. The van der Waals surface area contributed by atoms with Crippen LogP contribution in [0, 0.1) is 0 Å². The molecule has 128 valence electrons. The zero-order valence-corrected chi connectivity index (χ0v) is 15.2. The second-order valence-corrected chi connectivity index (χ2v) is 10.1. The highest BCUT2D eigenvalue weighted by molar-refractivity contribution is 6.59. The maximum absolute atomic E-state index is 13.2. The number of hydrogen-bond acceptors (Lipinski definition) is 1. The largest absolute Gasteiger partial charge is 0.385 e. The minimum atomic E-state index is -0.791. The molecule has 0 atom stereocenters. The van der Waals surface area contributed by atoms with Crippen LogP contribution >= 0.6 is 0 Å². The fourth-order valence-electron chi connectivity index (χ4n) is 3.62. The van der Waals surface area contributed by atoms with Crippen LogP contribution in [0.1, 0.15) is 49.1 Å². The molecule has 0 saturated carbocycles. The van der Waals surface area contributed by atoms with Gasteiger partial charge in [-0.1, -0.05) is 55.2 Å². The van der Waals surface area contributed by atoms with Gasteiger partial charge in [0.25, 0.3) is 0 Å². The van der Waals surface area contributed by atoms with Crippen LogP contribution in [-0.4, -0.2) is 22.5 Å². The molecule has 0 aromatic heterocycles. The van der Waals surface area contributed by atoms with Crippen LogP contribution in [0.4, 0.5) is 8.78 Å². The SMILES string of the molecule is COCCCCC[SiH]1CCC(c2ccc(C(F)=CF)cc2)CC1. The van der Waals surface area contributed by atoms with Gasteiger partial charge in [-0.3, -0.25) is 0 Å². The average Bonchev–Trinajstić information content (AvgIpc) is 2.61. The van der Waals surface area contributed by atoms with Gasteiger partial charge in [0, 0.05) is 28.1 Å². The molecule has 0 amide bonds. The van der Waals surface area contributed by atoms with Crippen molar-refractivity contribution in [2.45, 2.75) is 56.2 Å². The summed E-state index contributed by atoms with van der Waals surface area (Å²) in [5.41, 5.74) is 1.61. The van der Waals surface area contributed by atoms with Crippen LogP contribution in [0.5, 0.6) is 0 Å². The molecule has 1 aromatic rings. The molecule has 1 aliphatic rings. The summed E-state index contributed by atoms with van der Waals surface area (Å²) in [7, 11) is 1.24. The van der Waals surface area contributed by atoms with Crippen molar-refractivity contribution in [1.29, 1.82) is 0 Å². The Balaban J connectivity index is 1.73. The summed E-state index contributed by atoms with van der Waals surface area (Å²) in [6.07, 6.45) is 6.44. The van der Waals surface area contributed by atoms with Crippen molar-refractivity contribution in [2.24, 2.45) is 0 Å². The Bertz CT molecular complexity index is 479. The Morgan fingerprint density at radius 2 is 1.87 bits per heavy atom. The molecule has 2 rings (SSSR count). The van der Waals surface area contributed by atoms with Crippen molar-refractivity contribution in [3.8, 4) is 0 Å². The Morgan fingerprint density at radius 3 is 2.48 bits per heavy atom. The Morgan fingerprint density at radius 1 is 1.17 bits per heavy atom. The second-order valence-electron chi connectivity index (χ2n) is 6.64. The monoisotopic (exact) mass is 338 g/mol. The summed E-state index contributed by atoms with van der Waals surface area (Å²) in [5, 5.41) is 0. The number of hydrogen-bond donors (Lipinski definition) is 0. The first-order chi connectivity index (χ1) is 11.2. The number of ether oxygens (including phenoxy) is 1. The molecule has 4 heteroatoms. The average molecular weight is 339 g/mol. The molecule has 1 saturated heterocycles. The van der Waals surface area contributed by atoms with Crippen LogP contribution in [0.25, 0.3) is 5.83 Å². The second kappa shape index (κ2) is 9.99. The zero-order chi connectivity index (χ0) is 16.5. The topological polar surface area (TPSA) is 9.23 Å². The molecule has 0 spiro atoms. The van der Waals surface area contributed by atoms with Crippen molar-refractivity contribution in [1.82, 2.24) is 0 Å². The van der Waals surface area contributed by atoms with E-state index in [4.69, 9.17) is 4.74 Å². The number of unbranched alkanes of at least 4 members (excludes halogenated alkanes) is 2. The third-order valence-electron chi connectivity index (χ3n) is 5.06. The molecule has 1 nitrogen and oxygen atoms in total. The molecule has 0 aliphatic carbocycles. The Labute approximate surface area is 140 Å². The summed E-state index contributed by atoms with van der Waals surface area (Å²) >= 11 is 0. The molecule has 0 N–H and O–H groups in total.